The molecule has 3 aliphatic heterocycles. The van der Waals surface area contributed by atoms with Gasteiger partial charge in [-0.15, -0.1) is 0 Å². The number of piperazine rings is 2. The van der Waals surface area contributed by atoms with Crippen molar-refractivity contribution in [1.82, 2.24) is 19.7 Å². The molecule has 36 heavy (non-hydrogen) atoms. The minimum absolute atomic E-state index is 0.114. The summed E-state index contributed by atoms with van der Waals surface area (Å²) in [4.78, 5) is 38.7. The molecular formula is C26H29ClFN5O3. The third kappa shape index (κ3) is 4.20. The summed E-state index contributed by atoms with van der Waals surface area (Å²) in [6, 6.07) is 4.47. The minimum Gasteiger partial charge on any atom is -0.489 e. The number of hydrogen-bond donors (Lipinski definition) is 0. The van der Waals surface area contributed by atoms with Gasteiger partial charge < -0.3 is 24.3 Å². The van der Waals surface area contributed by atoms with E-state index in [0.29, 0.717) is 55.2 Å². The molecule has 190 valence electrons. The molecule has 2 amide bonds. The van der Waals surface area contributed by atoms with Crippen LogP contribution in [-0.4, -0.2) is 97.0 Å². The molecular weight excluding hydrogens is 485 g/mol. The number of nitrogens with zero attached hydrogens (tertiary/aromatic N) is 5. The minimum atomic E-state index is -0.440. The van der Waals surface area contributed by atoms with E-state index in [-0.39, 0.29) is 40.9 Å². The van der Waals surface area contributed by atoms with Crippen LogP contribution >= 0.6 is 11.6 Å². The maximum Gasteiger partial charge on any atom is 0.261 e. The lowest BCUT2D eigenvalue weighted by Crippen LogP contribution is -2.57. The molecule has 0 N–H and O–H groups in total. The van der Waals surface area contributed by atoms with Gasteiger partial charge >= 0.3 is 0 Å². The molecule has 1 aromatic carbocycles. The highest BCUT2D eigenvalue weighted by atomic mass is 35.5. The van der Waals surface area contributed by atoms with Gasteiger partial charge in [0.1, 0.15) is 28.8 Å². The maximum atomic E-state index is 15.0. The molecule has 1 atom stereocenters. The molecule has 0 saturated carbocycles. The largest absolute Gasteiger partial charge is 0.489 e. The van der Waals surface area contributed by atoms with Crippen molar-refractivity contribution in [2.24, 2.45) is 0 Å². The zero-order valence-electron chi connectivity index (χ0n) is 20.5. The van der Waals surface area contributed by atoms with Crippen LogP contribution in [0.2, 0.25) is 5.02 Å². The van der Waals surface area contributed by atoms with E-state index in [0.717, 1.165) is 13.1 Å². The van der Waals surface area contributed by atoms with Crippen molar-refractivity contribution >= 4 is 29.2 Å². The third-order valence-corrected chi connectivity index (χ3v) is 7.55. The van der Waals surface area contributed by atoms with Crippen LogP contribution in [0.25, 0.3) is 11.3 Å². The standard InChI is InChI=1S/C26H29ClFN5O3/c1-4-19(34)32-12-13-33-17(14-32)15-36-24-21(26(33)35)25(31-10-8-30(3)9-11-31)29-23(22(24)27)20-16(2)6-5-7-18(20)28/h4-7,17H,1,8-15H2,2-3H3/t17-/m1/s1. The lowest BCUT2D eigenvalue weighted by molar-refractivity contribution is -0.128. The fourth-order valence-electron chi connectivity index (χ4n) is 5.12. The van der Waals surface area contributed by atoms with E-state index >= 15 is 4.39 Å². The Hall–Kier alpha value is -3.17. The highest BCUT2D eigenvalue weighted by Gasteiger charge is 2.41. The molecule has 2 fully saturated rings. The summed E-state index contributed by atoms with van der Waals surface area (Å²) in [7, 11) is 2.05. The highest BCUT2D eigenvalue weighted by Crippen LogP contribution is 2.44. The Kier molecular flexibility index (Phi) is 6.61. The van der Waals surface area contributed by atoms with Crippen LogP contribution in [0, 0.1) is 12.7 Å². The van der Waals surface area contributed by atoms with Crippen molar-refractivity contribution in [3.8, 4) is 17.0 Å². The second-order valence-corrected chi connectivity index (χ2v) is 9.85. The molecule has 2 aromatic rings. The topological polar surface area (TPSA) is 69.2 Å². The van der Waals surface area contributed by atoms with Gasteiger partial charge in [0.05, 0.1) is 11.7 Å². The Bertz CT molecular complexity index is 1210. The van der Waals surface area contributed by atoms with Gasteiger partial charge in [0.25, 0.3) is 5.91 Å². The van der Waals surface area contributed by atoms with Gasteiger partial charge in [0, 0.05) is 51.4 Å². The molecule has 1 aromatic heterocycles. The van der Waals surface area contributed by atoms with Gasteiger partial charge in [-0.1, -0.05) is 30.3 Å². The van der Waals surface area contributed by atoms with E-state index in [4.69, 9.17) is 21.3 Å². The normalized spacial score (nSPS) is 20.4. The number of fused-ring (bicyclic) bond motifs is 2. The molecule has 0 aliphatic carbocycles. The first-order valence-electron chi connectivity index (χ1n) is 12.1. The number of ether oxygens (including phenoxy) is 1. The van der Waals surface area contributed by atoms with Crippen molar-refractivity contribution < 1.29 is 18.7 Å². The number of carbonyl (C=O) groups excluding carboxylic acids is 2. The van der Waals surface area contributed by atoms with E-state index in [1.165, 1.54) is 12.1 Å². The summed E-state index contributed by atoms with van der Waals surface area (Å²) < 4.78 is 21.3. The molecule has 2 saturated heterocycles. The molecule has 0 spiro atoms. The number of aryl methyl sites for hydroxylation is 1. The number of amides is 2. The predicted molar refractivity (Wildman–Crippen MR) is 136 cm³/mol. The molecule has 10 heteroatoms. The van der Waals surface area contributed by atoms with Crippen LogP contribution in [0.15, 0.2) is 30.9 Å². The van der Waals surface area contributed by atoms with Crippen molar-refractivity contribution in [2.45, 2.75) is 13.0 Å². The second kappa shape index (κ2) is 9.71. The van der Waals surface area contributed by atoms with Crippen LogP contribution in [-0.2, 0) is 4.79 Å². The van der Waals surface area contributed by atoms with Crippen LogP contribution < -0.4 is 9.64 Å². The fourth-order valence-corrected chi connectivity index (χ4v) is 5.41. The Balaban J connectivity index is 1.64. The van der Waals surface area contributed by atoms with Gasteiger partial charge in [-0.25, -0.2) is 9.37 Å². The number of anilines is 1. The first kappa shape index (κ1) is 24.5. The Morgan fingerprint density at radius 1 is 1.19 bits per heavy atom. The lowest BCUT2D eigenvalue weighted by atomic mass is 10.0. The number of likely N-dealkylation sites (N-methyl/N-ethyl adjacent to an activating group) is 1. The first-order valence-corrected chi connectivity index (χ1v) is 12.5. The number of hydrogen-bond acceptors (Lipinski definition) is 6. The van der Waals surface area contributed by atoms with Crippen LogP contribution in [0.5, 0.6) is 5.75 Å². The van der Waals surface area contributed by atoms with Crippen molar-refractivity contribution in [3.63, 3.8) is 0 Å². The highest BCUT2D eigenvalue weighted by molar-refractivity contribution is 6.35. The zero-order valence-corrected chi connectivity index (χ0v) is 21.2. The lowest BCUT2D eigenvalue weighted by Gasteiger charge is -2.40. The monoisotopic (exact) mass is 513 g/mol. The van der Waals surface area contributed by atoms with Gasteiger partial charge in [0.2, 0.25) is 5.91 Å². The Morgan fingerprint density at radius 3 is 2.64 bits per heavy atom. The molecule has 0 radical (unpaired) electrons. The van der Waals surface area contributed by atoms with E-state index in [1.54, 1.807) is 28.9 Å². The van der Waals surface area contributed by atoms with Crippen molar-refractivity contribution in [1.29, 1.82) is 0 Å². The number of pyridine rings is 1. The third-order valence-electron chi connectivity index (χ3n) is 7.20. The van der Waals surface area contributed by atoms with Gasteiger partial charge in [-0.05, 0) is 31.7 Å². The summed E-state index contributed by atoms with van der Waals surface area (Å²) in [6.45, 7) is 9.54. The maximum absolute atomic E-state index is 15.0. The van der Waals surface area contributed by atoms with Gasteiger partial charge in [-0.3, -0.25) is 9.59 Å². The van der Waals surface area contributed by atoms with Crippen LogP contribution in [0.4, 0.5) is 10.2 Å². The number of rotatable bonds is 3. The van der Waals surface area contributed by atoms with Gasteiger partial charge in [0.15, 0.2) is 5.75 Å². The summed E-state index contributed by atoms with van der Waals surface area (Å²) in [6.07, 6.45) is 1.28. The summed E-state index contributed by atoms with van der Waals surface area (Å²) in [5.74, 6) is -0.184. The Morgan fingerprint density at radius 2 is 1.94 bits per heavy atom. The average Bonchev–Trinajstić information content (AvgIpc) is 3.02. The van der Waals surface area contributed by atoms with Crippen molar-refractivity contribution in [2.75, 3.05) is 64.4 Å². The summed E-state index contributed by atoms with van der Waals surface area (Å²) in [5, 5.41) is 0.114. The number of aromatic nitrogens is 1. The molecule has 3 aliphatic rings. The van der Waals surface area contributed by atoms with E-state index in [9.17, 15) is 9.59 Å². The smallest absolute Gasteiger partial charge is 0.261 e. The predicted octanol–water partition coefficient (Wildman–Crippen LogP) is 2.83. The van der Waals surface area contributed by atoms with Gasteiger partial charge in [-0.2, -0.15) is 0 Å². The van der Waals surface area contributed by atoms with E-state index in [1.807, 2.05) is 11.9 Å². The summed E-state index contributed by atoms with van der Waals surface area (Å²) >= 11 is 6.85. The molecule has 0 unspecified atom stereocenters. The summed E-state index contributed by atoms with van der Waals surface area (Å²) in [5.41, 5.74) is 1.54. The number of halogens is 2. The Labute approximate surface area is 214 Å². The molecule has 0 bridgehead atoms. The van der Waals surface area contributed by atoms with E-state index in [2.05, 4.69) is 11.5 Å². The van der Waals surface area contributed by atoms with Crippen LogP contribution in [0.1, 0.15) is 15.9 Å². The number of benzene rings is 1. The van der Waals surface area contributed by atoms with Crippen LogP contribution in [0.3, 0.4) is 0 Å². The zero-order chi connectivity index (χ0) is 25.6. The molecule has 4 heterocycles. The molecule has 5 rings (SSSR count). The SMILES string of the molecule is C=CC(=O)N1CCN2C(=O)c3c(N4CCN(C)CC4)nc(-c4c(C)cccc4F)c(Cl)c3OC[C@H]2C1. The first-order chi connectivity index (χ1) is 17.3. The van der Waals surface area contributed by atoms with E-state index < -0.39 is 5.82 Å². The van der Waals surface area contributed by atoms with Crippen molar-refractivity contribution in [3.05, 3.63) is 52.8 Å². The fraction of sp³-hybridized carbons (Fsp3) is 0.423. The molecule has 8 nitrogen and oxygen atoms in total. The average molecular weight is 514 g/mol. The second-order valence-electron chi connectivity index (χ2n) is 9.48. The quantitative estimate of drug-likeness (QED) is 0.588. The number of carbonyl (C=O) groups is 2.